The fourth-order valence-electron chi connectivity index (χ4n) is 3.39. The Bertz CT molecular complexity index is 633. The number of hydrogen-bond donors (Lipinski definition) is 1. The third kappa shape index (κ3) is 2.38. The monoisotopic (exact) mass is 276 g/mol. The van der Waals surface area contributed by atoms with Crippen LogP contribution in [0.1, 0.15) is 31.2 Å². The van der Waals surface area contributed by atoms with Gasteiger partial charge in [-0.25, -0.2) is 13.1 Å². The van der Waals surface area contributed by atoms with E-state index >= 15 is 0 Å². The first-order chi connectivity index (χ1) is 9.08. The molecule has 2 fully saturated rings. The Hall–Kier alpha value is -1.38. The highest BCUT2D eigenvalue weighted by Gasteiger charge is 2.41. The summed E-state index contributed by atoms with van der Waals surface area (Å²) in [5.41, 5.74) is 0.371. The summed E-state index contributed by atoms with van der Waals surface area (Å²) in [4.78, 5) is 0.189. The lowest BCUT2D eigenvalue weighted by Crippen LogP contribution is -2.38. The van der Waals surface area contributed by atoms with E-state index < -0.39 is 10.0 Å². The number of nitriles is 1. The van der Waals surface area contributed by atoms with E-state index in [0.717, 1.165) is 19.3 Å². The van der Waals surface area contributed by atoms with E-state index in [1.807, 2.05) is 6.07 Å². The van der Waals surface area contributed by atoms with Gasteiger partial charge in [0.15, 0.2) is 0 Å². The Balaban J connectivity index is 1.81. The number of fused-ring (bicyclic) bond motifs is 2. The van der Waals surface area contributed by atoms with Gasteiger partial charge < -0.3 is 0 Å². The van der Waals surface area contributed by atoms with E-state index in [9.17, 15) is 8.42 Å². The maximum Gasteiger partial charge on any atom is 0.240 e. The Morgan fingerprint density at radius 2 is 2.11 bits per heavy atom. The molecule has 3 atom stereocenters. The van der Waals surface area contributed by atoms with Gasteiger partial charge in [-0.3, -0.25) is 0 Å². The first-order valence-corrected chi connectivity index (χ1v) is 8.09. The molecule has 0 saturated heterocycles. The second-order valence-corrected chi connectivity index (χ2v) is 7.26. The van der Waals surface area contributed by atoms with Gasteiger partial charge in [0.25, 0.3) is 0 Å². The molecule has 2 saturated carbocycles. The molecule has 1 aromatic rings. The summed E-state index contributed by atoms with van der Waals surface area (Å²) in [5.74, 6) is 1.20. The molecule has 3 unspecified atom stereocenters. The summed E-state index contributed by atoms with van der Waals surface area (Å²) >= 11 is 0. The standard InChI is InChI=1S/C14H16N2O2S/c15-9-11-2-1-3-13(7-11)19(17,18)16-14-8-10-4-5-12(14)6-10/h1-3,7,10,12,14,16H,4-6,8H2. The zero-order chi connectivity index (χ0) is 13.5. The summed E-state index contributed by atoms with van der Waals surface area (Å²) in [6.07, 6.45) is 4.50. The van der Waals surface area contributed by atoms with Crippen molar-refractivity contribution in [3.05, 3.63) is 29.8 Å². The lowest BCUT2D eigenvalue weighted by atomic mass is 9.96. The minimum Gasteiger partial charge on any atom is -0.208 e. The molecule has 19 heavy (non-hydrogen) atoms. The summed E-state index contributed by atoms with van der Waals surface area (Å²) in [6.45, 7) is 0. The minimum absolute atomic E-state index is 0.0782. The fourth-order valence-corrected chi connectivity index (χ4v) is 4.75. The molecule has 2 aliphatic rings. The van der Waals surface area contributed by atoms with Crippen LogP contribution in [0.2, 0.25) is 0 Å². The van der Waals surface area contributed by atoms with Crippen LogP contribution in [0.5, 0.6) is 0 Å². The third-order valence-electron chi connectivity index (χ3n) is 4.32. The number of nitrogens with zero attached hydrogens (tertiary/aromatic N) is 1. The lowest BCUT2D eigenvalue weighted by Gasteiger charge is -2.22. The van der Waals surface area contributed by atoms with E-state index in [0.29, 0.717) is 17.4 Å². The third-order valence-corrected chi connectivity index (χ3v) is 5.81. The Kier molecular flexibility index (Phi) is 3.08. The lowest BCUT2D eigenvalue weighted by molar-refractivity contribution is 0.390. The molecule has 1 N–H and O–H groups in total. The van der Waals surface area contributed by atoms with Crippen molar-refractivity contribution in [2.45, 2.75) is 36.6 Å². The predicted octanol–water partition coefficient (Wildman–Crippen LogP) is 2.03. The first-order valence-electron chi connectivity index (χ1n) is 6.61. The average Bonchev–Trinajstić information content (AvgIpc) is 3.00. The second kappa shape index (κ2) is 4.62. The van der Waals surface area contributed by atoms with Crippen LogP contribution < -0.4 is 4.72 Å². The van der Waals surface area contributed by atoms with Crippen molar-refractivity contribution in [1.29, 1.82) is 5.26 Å². The largest absolute Gasteiger partial charge is 0.240 e. The van der Waals surface area contributed by atoms with Crippen molar-refractivity contribution in [2.24, 2.45) is 11.8 Å². The van der Waals surface area contributed by atoms with E-state index in [4.69, 9.17) is 5.26 Å². The van der Waals surface area contributed by atoms with Crippen molar-refractivity contribution in [3.8, 4) is 6.07 Å². The number of hydrogen-bond acceptors (Lipinski definition) is 3. The van der Waals surface area contributed by atoms with E-state index in [1.54, 1.807) is 12.1 Å². The topological polar surface area (TPSA) is 70.0 Å². The summed E-state index contributed by atoms with van der Waals surface area (Å²) in [6, 6.07) is 8.22. The van der Waals surface area contributed by atoms with Crippen LogP contribution in [0.25, 0.3) is 0 Å². The maximum atomic E-state index is 12.3. The fraction of sp³-hybridized carbons (Fsp3) is 0.500. The molecule has 0 heterocycles. The van der Waals surface area contributed by atoms with Crippen molar-refractivity contribution in [2.75, 3.05) is 0 Å². The molecule has 4 nitrogen and oxygen atoms in total. The van der Waals surface area contributed by atoms with E-state index in [1.165, 1.54) is 18.6 Å². The highest BCUT2D eigenvalue weighted by molar-refractivity contribution is 7.89. The zero-order valence-corrected chi connectivity index (χ0v) is 11.4. The highest BCUT2D eigenvalue weighted by atomic mass is 32.2. The van der Waals surface area contributed by atoms with Crippen LogP contribution in [-0.4, -0.2) is 14.5 Å². The summed E-state index contributed by atoms with van der Waals surface area (Å²) < 4.78 is 27.4. The van der Waals surface area contributed by atoms with Gasteiger partial charge in [0.1, 0.15) is 0 Å². The molecule has 2 bridgehead atoms. The average molecular weight is 276 g/mol. The number of nitrogens with one attached hydrogen (secondary N) is 1. The first kappa shape index (κ1) is 12.6. The minimum atomic E-state index is -3.50. The summed E-state index contributed by atoms with van der Waals surface area (Å²) in [7, 11) is -3.50. The van der Waals surface area contributed by atoms with Gasteiger partial charge in [-0.05, 0) is 49.3 Å². The van der Waals surface area contributed by atoms with Gasteiger partial charge in [0.05, 0.1) is 16.5 Å². The maximum absolute atomic E-state index is 12.3. The molecular formula is C14H16N2O2S. The molecule has 2 aliphatic carbocycles. The SMILES string of the molecule is N#Cc1cccc(S(=O)(=O)NC2CC3CCC2C3)c1. The highest BCUT2D eigenvalue weighted by Crippen LogP contribution is 2.44. The smallest absolute Gasteiger partial charge is 0.208 e. The van der Waals surface area contributed by atoms with Gasteiger partial charge in [0, 0.05) is 6.04 Å². The Labute approximate surface area is 113 Å². The molecule has 3 rings (SSSR count). The van der Waals surface area contributed by atoms with Crippen LogP contribution in [0, 0.1) is 23.2 Å². The van der Waals surface area contributed by atoms with Gasteiger partial charge >= 0.3 is 0 Å². The Morgan fingerprint density at radius 1 is 1.26 bits per heavy atom. The molecule has 5 heteroatoms. The van der Waals surface area contributed by atoms with Crippen molar-refractivity contribution in [1.82, 2.24) is 4.72 Å². The van der Waals surface area contributed by atoms with Crippen molar-refractivity contribution >= 4 is 10.0 Å². The van der Waals surface area contributed by atoms with Crippen LogP contribution >= 0.6 is 0 Å². The number of rotatable bonds is 3. The van der Waals surface area contributed by atoms with Crippen LogP contribution in [0.3, 0.4) is 0 Å². The predicted molar refractivity (Wildman–Crippen MR) is 70.7 cm³/mol. The number of benzene rings is 1. The molecule has 100 valence electrons. The second-order valence-electron chi connectivity index (χ2n) is 5.54. The molecule has 0 spiro atoms. The quantitative estimate of drug-likeness (QED) is 0.918. The normalized spacial score (nSPS) is 29.3. The van der Waals surface area contributed by atoms with Gasteiger partial charge in [0.2, 0.25) is 10.0 Å². The molecule has 0 aromatic heterocycles. The molecule has 1 aromatic carbocycles. The molecular weight excluding hydrogens is 260 g/mol. The van der Waals surface area contributed by atoms with Crippen LogP contribution in [-0.2, 0) is 10.0 Å². The zero-order valence-electron chi connectivity index (χ0n) is 10.5. The van der Waals surface area contributed by atoms with Gasteiger partial charge in [-0.1, -0.05) is 12.5 Å². The van der Waals surface area contributed by atoms with E-state index in [-0.39, 0.29) is 10.9 Å². The van der Waals surface area contributed by atoms with Crippen molar-refractivity contribution < 1.29 is 8.42 Å². The van der Waals surface area contributed by atoms with Gasteiger partial charge in [-0.15, -0.1) is 0 Å². The van der Waals surface area contributed by atoms with E-state index in [2.05, 4.69) is 4.72 Å². The number of sulfonamides is 1. The van der Waals surface area contributed by atoms with Crippen molar-refractivity contribution in [3.63, 3.8) is 0 Å². The molecule has 0 radical (unpaired) electrons. The summed E-state index contributed by atoms with van der Waals surface area (Å²) in [5, 5.41) is 8.83. The van der Waals surface area contributed by atoms with Crippen LogP contribution in [0.4, 0.5) is 0 Å². The molecule has 0 aliphatic heterocycles. The van der Waals surface area contributed by atoms with Crippen LogP contribution in [0.15, 0.2) is 29.2 Å². The Morgan fingerprint density at radius 3 is 2.74 bits per heavy atom. The molecule has 0 amide bonds. The van der Waals surface area contributed by atoms with Gasteiger partial charge in [-0.2, -0.15) is 5.26 Å².